The smallest absolute Gasteiger partial charge is 0.225 e. The van der Waals surface area contributed by atoms with Crippen LogP contribution in [-0.4, -0.2) is 53.8 Å². The number of aromatic nitrogens is 2. The van der Waals surface area contributed by atoms with Gasteiger partial charge in [0.25, 0.3) is 0 Å². The van der Waals surface area contributed by atoms with E-state index in [1.807, 2.05) is 6.20 Å². The maximum atomic E-state index is 15.1. The lowest BCUT2D eigenvalue weighted by Gasteiger charge is -2.25. The number of nitriles is 1. The average molecular weight is 607 g/mol. The van der Waals surface area contributed by atoms with E-state index in [0.717, 1.165) is 51.9 Å². The average Bonchev–Trinajstić information content (AvgIpc) is 3.29. The lowest BCUT2D eigenvalue weighted by molar-refractivity contribution is 0.135. The number of nitrogens with two attached hydrogens (primary N) is 1. The summed E-state index contributed by atoms with van der Waals surface area (Å²) in [4.78, 5) is 14.8. The molecule has 4 heterocycles. The van der Waals surface area contributed by atoms with Crippen LogP contribution in [0.2, 0.25) is 0 Å². The van der Waals surface area contributed by atoms with Crippen LogP contribution in [0.25, 0.3) is 16.5 Å². The maximum Gasteiger partial charge on any atom is 0.225 e. The molecule has 2 aromatic rings. The van der Waals surface area contributed by atoms with Gasteiger partial charge < -0.3 is 20.3 Å². The first-order valence-electron chi connectivity index (χ1n) is 14.5. The molecule has 7 nitrogen and oxygen atoms in total. The summed E-state index contributed by atoms with van der Waals surface area (Å²) in [6.07, 6.45) is 5.94. The third-order valence-corrected chi connectivity index (χ3v) is 10.4. The molecule has 0 bridgehead atoms. The van der Waals surface area contributed by atoms with Gasteiger partial charge in [0, 0.05) is 53.0 Å². The number of rotatable bonds is 6. The van der Waals surface area contributed by atoms with Gasteiger partial charge in [0.15, 0.2) is 0 Å². The number of halogens is 1. The fourth-order valence-corrected chi connectivity index (χ4v) is 7.96. The van der Waals surface area contributed by atoms with Gasteiger partial charge in [-0.3, -0.25) is 0 Å². The van der Waals surface area contributed by atoms with Crippen molar-refractivity contribution in [1.82, 2.24) is 14.9 Å². The van der Waals surface area contributed by atoms with Gasteiger partial charge in [-0.15, -0.1) is 21.0 Å². The van der Waals surface area contributed by atoms with E-state index in [9.17, 15) is 5.26 Å². The summed E-state index contributed by atoms with van der Waals surface area (Å²) >= 11 is 1.29. The first-order chi connectivity index (χ1) is 20.2. The summed E-state index contributed by atoms with van der Waals surface area (Å²) in [7, 11) is 7.11. The number of fused-ring (bicyclic) bond motifs is 4. The number of allylic oxidation sites excluding steroid dienone is 5. The standard InChI is InChI=1S/C28H30FN6OPS.C4H10/c1-5-20(29)27-23(14(6-30)21(31)12-38-27)13(2)22-19-11-36-10-18(19)15-7-32-28(33-24(15)26(22)37)35-8-16-17(9-35)25(16)34(3)4;1-3-4-2/h5,7,16-17,25H,2,8-12,31,37H2,1,3-4H3;3-4H2,1-2H3/b20-5+;. The van der Waals surface area contributed by atoms with E-state index in [0.29, 0.717) is 58.6 Å². The van der Waals surface area contributed by atoms with E-state index in [2.05, 4.69) is 59.6 Å². The fraction of sp³-hybridized carbons (Fsp3) is 0.469. The fourth-order valence-electron chi connectivity index (χ4n) is 6.32. The van der Waals surface area contributed by atoms with E-state index in [-0.39, 0.29) is 5.57 Å². The largest absolute Gasteiger partial charge is 0.400 e. The van der Waals surface area contributed by atoms with Crippen molar-refractivity contribution in [3.05, 3.63) is 63.1 Å². The molecular weight excluding hydrogens is 566 g/mol. The number of unbranched alkanes of at least 4 members (excludes halogenated alkanes) is 1. The van der Waals surface area contributed by atoms with Crippen LogP contribution in [0, 0.1) is 23.2 Å². The van der Waals surface area contributed by atoms with Crippen LogP contribution in [0.4, 0.5) is 10.3 Å². The molecule has 1 saturated carbocycles. The number of hydrogen-bond donors (Lipinski definition) is 1. The van der Waals surface area contributed by atoms with Crippen molar-refractivity contribution in [2.45, 2.75) is 52.9 Å². The zero-order valence-electron chi connectivity index (χ0n) is 25.1. The predicted octanol–water partition coefficient (Wildman–Crippen LogP) is 5.59. The monoisotopic (exact) mass is 606 g/mol. The highest BCUT2D eigenvalue weighted by Gasteiger charge is 2.57. The SMILES string of the molecule is C=C(C1=C(/C(F)=C\C)SCC(N)=C1C#N)c1c2c(c3cnc(N4CC5C(C4)C5N(C)C)nc3c1P)COC2.CCCC. The number of benzene rings is 1. The predicted molar refractivity (Wildman–Crippen MR) is 175 cm³/mol. The topological polar surface area (TPSA) is 91.3 Å². The molecule has 1 aromatic heterocycles. The van der Waals surface area contributed by atoms with Crippen molar-refractivity contribution in [3.8, 4) is 6.07 Å². The maximum absolute atomic E-state index is 15.1. The third kappa shape index (κ3) is 5.28. The molecule has 1 aliphatic carbocycles. The van der Waals surface area contributed by atoms with Crippen LogP contribution < -0.4 is 15.9 Å². The van der Waals surface area contributed by atoms with Crippen LogP contribution >= 0.6 is 21.0 Å². The molecule has 10 heteroatoms. The van der Waals surface area contributed by atoms with Crippen molar-refractivity contribution >= 4 is 48.7 Å². The van der Waals surface area contributed by atoms with Gasteiger partial charge in [0.05, 0.1) is 29.2 Å². The Balaban J connectivity index is 0.000000830. The minimum atomic E-state index is -0.390. The van der Waals surface area contributed by atoms with Crippen molar-refractivity contribution in [1.29, 1.82) is 5.26 Å². The van der Waals surface area contributed by atoms with Crippen LogP contribution in [0.1, 0.15) is 50.3 Å². The van der Waals surface area contributed by atoms with E-state index < -0.39 is 5.83 Å². The number of piperidine rings is 1. The molecule has 0 amide bonds. The van der Waals surface area contributed by atoms with Gasteiger partial charge in [0.1, 0.15) is 11.9 Å². The summed E-state index contributed by atoms with van der Waals surface area (Å²) in [5.41, 5.74) is 11.5. The lowest BCUT2D eigenvalue weighted by Crippen LogP contribution is -2.31. The Kier molecular flexibility index (Phi) is 9.10. The highest BCUT2D eigenvalue weighted by atomic mass is 32.2. The Morgan fingerprint density at radius 1 is 1.29 bits per heavy atom. The Labute approximate surface area is 255 Å². The second kappa shape index (κ2) is 12.5. The molecule has 1 aromatic carbocycles. The molecule has 222 valence electrons. The Morgan fingerprint density at radius 3 is 2.55 bits per heavy atom. The molecule has 2 N–H and O–H groups in total. The number of thioether (sulfide) groups is 1. The summed E-state index contributed by atoms with van der Waals surface area (Å²) in [6, 6.07) is 2.85. The quantitative estimate of drug-likeness (QED) is 0.426. The van der Waals surface area contributed by atoms with Crippen LogP contribution in [-0.2, 0) is 18.0 Å². The molecule has 3 unspecified atom stereocenters. The van der Waals surface area contributed by atoms with Gasteiger partial charge in [-0.25, -0.2) is 14.4 Å². The van der Waals surface area contributed by atoms with Crippen LogP contribution in [0.3, 0.4) is 0 Å². The number of anilines is 1. The molecule has 6 rings (SSSR count). The summed E-state index contributed by atoms with van der Waals surface area (Å²) in [5, 5.41) is 11.8. The third-order valence-electron chi connectivity index (χ3n) is 8.67. The molecule has 0 spiro atoms. The van der Waals surface area contributed by atoms with E-state index in [1.54, 1.807) is 6.92 Å². The molecule has 4 aliphatic rings. The Morgan fingerprint density at radius 2 is 1.95 bits per heavy atom. The second-order valence-corrected chi connectivity index (χ2v) is 13.0. The first kappa shape index (κ1) is 30.7. The molecule has 42 heavy (non-hydrogen) atoms. The Bertz CT molecular complexity index is 1560. The highest BCUT2D eigenvalue weighted by Crippen LogP contribution is 2.49. The number of hydrogen-bond acceptors (Lipinski definition) is 8. The number of ether oxygens (including phenoxy) is 1. The molecule has 3 atom stereocenters. The van der Waals surface area contributed by atoms with Gasteiger partial charge in [0.2, 0.25) is 5.95 Å². The second-order valence-electron chi connectivity index (χ2n) is 11.5. The summed E-state index contributed by atoms with van der Waals surface area (Å²) < 4.78 is 20.9. The molecule has 1 saturated heterocycles. The molecule has 3 aliphatic heterocycles. The minimum Gasteiger partial charge on any atom is -0.400 e. The van der Waals surface area contributed by atoms with Crippen LogP contribution in [0.15, 0.2) is 46.4 Å². The first-order valence-corrected chi connectivity index (χ1v) is 16.1. The minimum absolute atomic E-state index is 0.271. The lowest BCUT2D eigenvalue weighted by atomic mass is 9.87. The number of nitrogens with zero attached hydrogens (tertiary/aromatic N) is 5. The Hall–Kier alpha value is -2.76. The van der Waals surface area contributed by atoms with Gasteiger partial charge in [-0.1, -0.05) is 39.3 Å². The zero-order valence-corrected chi connectivity index (χ0v) is 27.1. The summed E-state index contributed by atoms with van der Waals surface area (Å²) in [6.45, 7) is 13.1. The summed E-state index contributed by atoms with van der Waals surface area (Å²) in [5.74, 6) is 1.99. The van der Waals surface area contributed by atoms with Gasteiger partial charge >= 0.3 is 0 Å². The van der Waals surface area contributed by atoms with Crippen LogP contribution in [0.5, 0.6) is 0 Å². The van der Waals surface area contributed by atoms with Crippen molar-refractivity contribution in [2.24, 2.45) is 17.6 Å². The van der Waals surface area contributed by atoms with Crippen molar-refractivity contribution in [3.63, 3.8) is 0 Å². The van der Waals surface area contributed by atoms with E-state index in [4.69, 9.17) is 20.4 Å². The molecule has 2 fully saturated rings. The van der Waals surface area contributed by atoms with Crippen molar-refractivity contribution in [2.75, 3.05) is 37.8 Å². The molecular formula is C32H40FN6OPS. The van der Waals surface area contributed by atoms with Gasteiger partial charge in [-0.2, -0.15) is 5.26 Å². The highest BCUT2D eigenvalue weighted by molar-refractivity contribution is 8.03. The normalized spacial score (nSPS) is 23.2. The van der Waals surface area contributed by atoms with Gasteiger partial charge in [-0.05, 0) is 55.1 Å². The van der Waals surface area contributed by atoms with E-state index in [1.165, 1.54) is 30.7 Å². The zero-order chi connectivity index (χ0) is 30.3. The molecule has 0 radical (unpaired) electrons. The van der Waals surface area contributed by atoms with E-state index >= 15 is 4.39 Å². The van der Waals surface area contributed by atoms with Crippen molar-refractivity contribution < 1.29 is 9.13 Å².